The molecule has 0 radical (unpaired) electrons. The number of hydrogen-bond acceptors (Lipinski definition) is 16. The summed E-state index contributed by atoms with van der Waals surface area (Å²) in [6.07, 6.45) is -22.0. The molecule has 3 saturated heterocycles. The lowest BCUT2D eigenvalue weighted by atomic mass is 9.85. The van der Waals surface area contributed by atoms with E-state index in [0.29, 0.717) is 12.8 Å². The van der Waals surface area contributed by atoms with Gasteiger partial charge in [0.25, 0.3) is 0 Å². The Bertz CT molecular complexity index is 820. The van der Waals surface area contributed by atoms with Crippen LogP contribution in [-0.4, -0.2) is 169 Å². The van der Waals surface area contributed by atoms with Crippen molar-refractivity contribution in [1.29, 1.82) is 0 Å². The highest BCUT2D eigenvalue weighted by molar-refractivity contribution is 4.95. The molecule has 1 saturated carbocycles. The van der Waals surface area contributed by atoms with Crippen LogP contribution in [0.5, 0.6) is 0 Å². The van der Waals surface area contributed by atoms with Gasteiger partial charge in [-0.15, -0.1) is 0 Å². The Balaban J connectivity index is 1.48. The monoisotopic (exact) mass is 600 g/mol. The Morgan fingerprint density at radius 2 is 1.05 bits per heavy atom. The summed E-state index contributed by atoms with van der Waals surface area (Å²) in [7, 11) is 0. The van der Waals surface area contributed by atoms with Crippen molar-refractivity contribution in [2.75, 3.05) is 13.2 Å². The van der Waals surface area contributed by atoms with Crippen molar-refractivity contribution < 1.29 is 79.5 Å². The third kappa shape index (κ3) is 6.88. The molecule has 4 aliphatic rings. The van der Waals surface area contributed by atoms with Crippen molar-refractivity contribution in [3.8, 4) is 0 Å². The van der Waals surface area contributed by atoms with Crippen LogP contribution < -0.4 is 0 Å². The van der Waals surface area contributed by atoms with Gasteiger partial charge in [0.2, 0.25) is 0 Å². The Hall–Kier alpha value is -0.640. The first kappa shape index (κ1) is 33.3. The zero-order valence-electron chi connectivity index (χ0n) is 22.8. The molecule has 4 fully saturated rings. The first-order valence-corrected chi connectivity index (χ1v) is 14.0. The van der Waals surface area contributed by atoms with Gasteiger partial charge in [-0.05, 0) is 25.7 Å². The van der Waals surface area contributed by atoms with Crippen LogP contribution in [0.2, 0.25) is 0 Å². The number of aliphatic hydroxyl groups excluding tert-OH is 10. The molecule has 10 N–H and O–H groups in total. The summed E-state index contributed by atoms with van der Waals surface area (Å²) in [6.45, 7) is 1.98. The van der Waals surface area contributed by atoms with Crippen LogP contribution in [0.3, 0.4) is 0 Å². The minimum Gasteiger partial charge on any atom is -0.394 e. The fraction of sp³-hybridized carbons (Fsp3) is 1.00. The number of aliphatic hydroxyl groups is 10. The van der Waals surface area contributed by atoms with E-state index in [1.54, 1.807) is 0 Å². The van der Waals surface area contributed by atoms with Crippen molar-refractivity contribution >= 4 is 0 Å². The van der Waals surface area contributed by atoms with Gasteiger partial charge in [0, 0.05) is 0 Å². The topological polar surface area (TPSA) is 258 Å². The van der Waals surface area contributed by atoms with E-state index in [9.17, 15) is 51.1 Å². The van der Waals surface area contributed by atoms with E-state index in [2.05, 4.69) is 0 Å². The molecule has 0 aromatic rings. The molecule has 0 bridgehead atoms. The van der Waals surface area contributed by atoms with E-state index >= 15 is 0 Å². The van der Waals surface area contributed by atoms with Gasteiger partial charge in [-0.3, -0.25) is 0 Å². The average Bonchev–Trinajstić information content (AvgIpc) is 2.95. The smallest absolute Gasteiger partial charge is 0.187 e. The normalized spacial score (nSPS) is 53.3. The third-order valence-electron chi connectivity index (χ3n) is 8.45. The summed E-state index contributed by atoms with van der Waals surface area (Å²) in [6, 6.07) is 0. The summed E-state index contributed by atoms with van der Waals surface area (Å²) in [5.74, 6) is -0.134. The molecule has 3 heterocycles. The molecule has 16 nitrogen and oxygen atoms in total. The van der Waals surface area contributed by atoms with Crippen LogP contribution in [0, 0.1) is 5.92 Å². The Morgan fingerprint density at radius 1 is 0.537 bits per heavy atom. The number of rotatable bonds is 8. The summed E-state index contributed by atoms with van der Waals surface area (Å²) in [5, 5.41) is 102. The zero-order chi connectivity index (χ0) is 30.2. The Morgan fingerprint density at radius 3 is 1.66 bits per heavy atom. The maximum Gasteiger partial charge on any atom is 0.187 e. The largest absolute Gasteiger partial charge is 0.394 e. The van der Waals surface area contributed by atoms with Crippen molar-refractivity contribution in [3.63, 3.8) is 0 Å². The maximum atomic E-state index is 11.1. The standard InChI is InChI=1S/C25H44O16/c1-8-4-3-5-10(21(8)40-23-18(33)16(31)13(28)9(2)36-23)37-25-20(35)22(15(30)12(7-27)39-25)41-24-19(34)17(32)14(29)11(6-26)38-24/h8-35H,3-7H2,1-2H3/t8-,9-,10+,11+,12+,13+,14-,15-,16+,17-,18-,19+,20+,21-,22-,23?,24+,25+/m0/s1. The van der Waals surface area contributed by atoms with E-state index in [1.165, 1.54) is 6.92 Å². The SMILES string of the molecule is C[C@@H]1OC(O[C@H]2[C@@H](C)CCC[C@H]2O[C@@H]2O[C@H](CO)[C@H](O)[C@H](O[C@H]3O[C@H](CO)[C@H](O)[C@H](O)[C@H]3O)[C@H]2O)[C@@H](O)[C@H](O)[C@@H]1O. The Labute approximate surface area is 236 Å². The lowest BCUT2D eigenvalue weighted by Gasteiger charge is -2.48. The van der Waals surface area contributed by atoms with E-state index in [-0.39, 0.29) is 5.92 Å². The van der Waals surface area contributed by atoms with Crippen LogP contribution in [-0.2, 0) is 28.4 Å². The molecule has 18 atom stereocenters. The quantitative estimate of drug-likeness (QED) is 0.125. The van der Waals surface area contributed by atoms with Crippen LogP contribution in [0.25, 0.3) is 0 Å². The van der Waals surface area contributed by atoms with Crippen molar-refractivity contribution in [2.24, 2.45) is 5.92 Å². The fourth-order valence-corrected chi connectivity index (χ4v) is 5.82. The second kappa shape index (κ2) is 14.0. The predicted molar refractivity (Wildman–Crippen MR) is 132 cm³/mol. The fourth-order valence-electron chi connectivity index (χ4n) is 5.82. The molecule has 240 valence electrons. The van der Waals surface area contributed by atoms with Crippen molar-refractivity contribution in [3.05, 3.63) is 0 Å². The van der Waals surface area contributed by atoms with Crippen LogP contribution in [0.15, 0.2) is 0 Å². The molecule has 1 aliphatic carbocycles. The highest BCUT2D eigenvalue weighted by Crippen LogP contribution is 2.36. The number of ether oxygens (including phenoxy) is 6. The van der Waals surface area contributed by atoms with E-state index in [1.807, 2.05) is 6.92 Å². The molecule has 4 rings (SSSR count). The molecule has 1 unspecified atom stereocenters. The molecule has 0 spiro atoms. The van der Waals surface area contributed by atoms with Gasteiger partial charge in [0.15, 0.2) is 18.9 Å². The minimum atomic E-state index is -1.81. The summed E-state index contributed by atoms with van der Waals surface area (Å²) in [4.78, 5) is 0. The first-order chi connectivity index (χ1) is 19.4. The van der Waals surface area contributed by atoms with Gasteiger partial charge in [-0.25, -0.2) is 0 Å². The minimum absolute atomic E-state index is 0.134. The van der Waals surface area contributed by atoms with Crippen LogP contribution in [0.4, 0.5) is 0 Å². The van der Waals surface area contributed by atoms with Crippen molar-refractivity contribution in [2.45, 2.75) is 137 Å². The molecule has 3 aliphatic heterocycles. The predicted octanol–water partition coefficient (Wildman–Crippen LogP) is -4.97. The number of hydrogen-bond donors (Lipinski definition) is 10. The molecule has 16 heteroatoms. The van der Waals surface area contributed by atoms with Gasteiger partial charge < -0.3 is 79.5 Å². The molecule has 0 aromatic heterocycles. The van der Waals surface area contributed by atoms with Gasteiger partial charge in [-0.2, -0.15) is 0 Å². The highest BCUT2D eigenvalue weighted by atomic mass is 16.8. The summed E-state index contributed by atoms with van der Waals surface area (Å²) >= 11 is 0. The van der Waals surface area contributed by atoms with E-state index in [4.69, 9.17) is 28.4 Å². The highest BCUT2D eigenvalue weighted by Gasteiger charge is 2.52. The molecular weight excluding hydrogens is 556 g/mol. The van der Waals surface area contributed by atoms with E-state index < -0.39 is 118 Å². The zero-order valence-corrected chi connectivity index (χ0v) is 22.8. The molecule has 41 heavy (non-hydrogen) atoms. The van der Waals surface area contributed by atoms with Gasteiger partial charge >= 0.3 is 0 Å². The average molecular weight is 601 g/mol. The lowest BCUT2D eigenvalue weighted by molar-refractivity contribution is -0.371. The second-order valence-electron chi connectivity index (χ2n) is 11.4. The molecular formula is C25H44O16. The van der Waals surface area contributed by atoms with Gasteiger partial charge in [0.1, 0.15) is 67.1 Å². The summed E-state index contributed by atoms with van der Waals surface area (Å²) in [5.41, 5.74) is 0. The lowest BCUT2D eigenvalue weighted by Crippen LogP contribution is -2.65. The molecule has 0 amide bonds. The van der Waals surface area contributed by atoms with E-state index in [0.717, 1.165) is 6.42 Å². The maximum absolute atomic E-state index is 11.1. The third-order valence-corrected chi connectivity index (χ3v) is 8.45. The summed E-state index contributed by atoms with van der Waals surface area (Å²) < 4.78 is 34.4. The molecule has 0 aromatic carbocycles. The van der Waals surface area contributed by atoms with Gasteiger partial charge in [0.05, 0.1) is 31.5 Å². The Kier molecular flexibility index (Phi) is 11.3. The van der Waals surface area contributed by atoms with Gasteiger partial charge in [-0.1, -0.05) is 13.3 Å². The van der Waals surface area contributed by atoms with Crippen molar-refractivity contribution in [1.82, 2.24) is 0 Å². The van der Waals surface area contributed by atoms with Crippen LogP contribution >= 0.6 is 0 Å². The van der Waals surface area contributed by atoms with Crippen LogP contribution in [0.1, 0.15) is 33.1 Å². The second-order valence-corrected chi connectivity index (χ2v) is 11.4. The first-order valence-electron chi connectivity index (χ1n) is 14.0.